The van der Waals surface area contributed by atoms with Crippen LogP contribution in [0.3, 0.4) is 0 Å². The molecule has 0 amide bonds. The van der Waals surface area contributed by atoms with Gasteiger partial charge in [-0.2, -0.15) is 11.8 Å². The van der Waals surface area contributed by atoms with Crippen molar-refractivity contribution in [2.24, 2.45) is 0 Å². The topological polar surface area (TPSA) is 49.4 Å². The third-order valence-electron chi connectivity index (χ3n) is 3.65. The Hall–Kier alpha value is 0.0969. The third-order valence-corrected chi connectivity index (χ3v) is 7.54. The second-order valence-corrected chi connectivity index (χ2v) is 9.46. The zero-order chi connectivity index (χ0) is 18.4. The van der Waals surface area contributed by atoms with Gasteiger partial charge in [-0.1, -0.05) is 0 Å². The van der Waals surface area contributed by atoms with Gasteiger partial charge in [0.1, 0.15) is 6.10 Å². The number of nitrogens with zero attached hydrogens (tertiary/aromatic N) is 1. The van der Waals surface area contributed by atoms with Gasteiger partial charge in [-0.25, -0.2) is 0 Å². The third kappa shape index (κ3) is 8.98. The quantitative estimate of drug-likeness (QED) is 0.251. The van der Waals surface area contributed by atoms with E-state index in [-0.39, 0.29) is 6.10 Å². The fraction of sp³-hybridized carbons (Fsp3) is 0.933. The molecule has 0 aliphatic heterocycles. The monoisotopic (exact) mass is 399 g/mol. The summed E-state index contributed by atoms with van der Waals surface area (Å²) in [5.74, 6) is 0.842. The van der Waals surface area contributed by atoms with Crippen LogP contribution in [0.2, 0.25) is 6.04 Å². The summed E-state index contributed by atoms with van der Waals surface area (Å²) in [6.07, 6.45) is 2.82. The van der Waals surface area contributed by atoms with E-state index in [1.54, 1.807) is 33.1 Å². The fourth-order valence-electron chi connectivity index (χ4n) is 2.16. The van der Waals surface area contributed by atoms with E-state index in [0.29, 0.717) is 18.4 Å². The minimum atomic E-state index is -2.50. The van der Waals surface area contributed by atoms with E-state index in [2.05, 4.69) is 13.8 Å². The van der Waals surface area contributed by atoms with Gasteiger partial charge >= 0.3 is 8.80 Å². The molecule has 144 valence electrons. The predicted molar refractivity (Wildman–Crippen MR) is 106 cm³/mol. The predicted octanol–water partition coefficient (Wildman–Crippen LogP) is 2.65. The molecule has 1 unspecified atom stereocenters. The molecule has 0 aromatic rings. The molecule has 0 spiro atoms. The molecule has 24 heavy (non-hydrogen) atoms. The van der Waals surface area contributed by atoms with Gasteiger partial charge in [0.25, 0.3) is 5.17 Å². The summed E-state index contributed by atoms with van der Waals surface area (Å²) in [5, 5.41) is 0.548. The molecule has 0 aromatic heterocycles. The van der Waals surface area contributed by atoms with Crippen molar-refractivity contribution in [2.75, 3.05) is 59.6 Å². The van der Waals surface area contributed by atoms with Gasteiger partial charge in [-0.15, -0.1) is 0 Å². The molecule has 0 aliphatic rings. The van der Waals surface area contributed by atoms with E-state index < -0.39 is 8.80 Å². The van der Waals surface area contributed by atoms with Crippen molar-refractivity contribution in [3.8, 4) is 0 Å². The first-order chi connectivity index (χ1) is 11.5. The molecule has 0 saturated carbocycles. The molecule has 0 rings (SSSR count). The Labute approximate surface area is 157 Å². The number of hydrogen-bond acceptors (Lipinski definition) is 7. The highest BCUT2D eigenvalue weighted by molar-refractivity contribution is 7.98. The van der Waals surface area contributed by atoms with Gasteiger partial charge in [-0.05, 0) is 38.7 Å². The summed E-state index contributed by atoms with van der Waals surface area (Å²) in [7, 11) is 2.36. The lowest BCUT2D eigenvalue weighted by atomic mass is 10.4. The highest BCUT2D eigenvalue weighted by atomic mass is 32.2. The molecule has 0 heterocycles. The number of hydrogen-bond donors (Lipinski definition) is 0. The van der Waals surface area contributed by atoms with Crippen LogP contribution in [-0.2, 0) is 22.8 Å². The van der Waals surface area contributed by atoms with Crippen molar-refractivity contribution in [3.05, 3.63) is 0 Å². The average Bonchev–Trinajstić information content (AvgIpc) is 2.60. The molecule has 6 nitrogen and oxygen atoms in total. The second kappa shape index (κ2) is 14.3. The van der Waals surface area contributed by atoms with Gasteiger partial charge in [0.2, 0.25) is 0 Å². The molecule has 0 saturated heterocycles. The number of ether oxygens (including phenoxy) is 2. The maximum atomic E-state index is 5.89. The minimum Gasteiger partial charge on any atom is -0.464 e. The molecule has 0 aliphatic carbocycles. The number of thiocarbonyl (C=S) groups is 1. The van der Waals surface area contributed by atoms with Crippen molar-refractivity contribution in [3.63, 3.8) is 0 Å². The summed E-state index contributed by atoms with van der Waals surface area (Å²) in [4.78, 5) is 2.03. The molecule has 1 atom stereocenters. The molecule has 0 N–H and O–H groups in total. The van der Waals surface area contributed by atoms with E-state index in [0.717, 1.165) is 31.3 Å². The molecular weight excluding hydrogens is 366 g/mol. The largest absolute Gasteiger partial charge is 0.500 e. The normalized spacial score (nSPS) is 12.9. The summed E-state index contributed by atoms with van der Waals surface area (Å²) in [6.45, 7) is 6.95. The van der Waals surface area contributed by atoms with E-state index in [1.165, 1.54) is 0 Å². The second-order valence-electron chi connectivity index (χ2n) is 5.11. The van der Waals surface area contributed by atoms with Gasteiger partial charge in [-0.3, -0.25) is 0 Å². The first-order valence-electron chi connectivity index (χ1n) is 8.20. The first kappa shape index (κ1) is 24.1. The van der Waals surface area contributed by atoms with Crippen LogP contribution in [-0.4, -0.2) is 84.6 Å². The molecule has 0 aromatic carbocycles. The summed E-state index contributed by atoms with van der Waals surface area (Å²) < 4.78 is 27.8. The van der Waals surface area contributed by atoms with E-state index in [9.17, 15) is 0 Å². The van der Waals surface area contributed by atoms with E-state index >= 15 is 0 Å². The summed E-state index contributed by atoms with van der Waals surface area (Å²) in [5.41, 5.74) is 0. The Bertz CT molecular complexity index is 323. The summed E-state index contributed by atoms with van der Waals surface area (Å²) >= 11 is 7.08. The molecule has 9 heteroatoms. The van der Waals surface area contributed by atoms with Crippen LogP contribution in [0.1, 0.15) is 20.3 Å². The van der Waals surface area contributed by atoms with Crippen molar-refractivity contribution >= 4 is 38.0 Å². The van der Waals surface area contributed by atoms with Gasteiger partial charge in [0.05, 0.1) is 6.61 Å². The van der Waals surface area contributed by atoms with Gasteiger partial charge < -0.3 is 27.7 Å². The number of thioether (sulfide) groups is 1. The van der Waals surface area contributed by atoms with Crippen molar-refractivity contribution < 1.29 is 22.8 Å². The Balaban J connectivity index is 4.20. The van der Waals surface area contributed by atoms with Crippen LogP contribution in [0.5, 0.6) is 0 Å². The molecular formula is C15H33NO5S2Si. The summed E-state index contributed by atoms with van der Waals surface area (Å²) in [6, 6.07) is 0.725. The Kier molecular flexibility index (Phi) is 14.3. The Morgan fingerprint density at radius 2 is 1.71 bits per heavy atom. The van der Waals surface area contributed by atoms with Gasteiger partial charge in [0, 0.05) is 52.8 Å². The highest BCUT2D eigenvalue weighted by Crippen LogP contribution is 2.15. The van der Waals surface area contributed by atoms with E-state index in [4.69, 9.17) is 35.0 Å². The zero-order valence-corrected chi connectivity index (χ0v) is 18.5. The molecule has 0 fully saturated rings. The zero-order valence-electron chi connectivity index (χ0n) is 15.8. The van der Waals surface area contributed by atoms with Crippen molar-refractivity contribution in [1.29, 1.82) is 0 Å². The standard InChI is InChI=1S/C15H33NO5S2Si/c1-7-16(8-2)15(22)21-14(13-23-6)12-20-10-9-11-24(17-3,18-4)19-5/h14H,7-13H2,1-6H3. The Morgan fingerprint density at radius 3 is 2.17 bits per heavy atom. The lowest BCUT2D eigenvalue weighted by Crippen LogP contribution is -2.42. The lowest BCUT2D eigenvalue weighted by molar-refractivity contribution is 0.0461. The average molecular weight is 400 g/mol. The Morgan fingerprint density at radius 1 is 1.12 bits per heavy atom. The SMILES string of the molecule is CCN(CC)C(=S)OC(COCCC[Si](OC)(OC)OC)CSC. The minimum absolute atomic E-state index is 0.0395. The number of rotatable bonds is 14. The first-order valence-corrected chi connectivity index (χ1v) is 11.9. The van der Waals surface area contributed by atoms with E-state index in [1.807, 2.05) is 11.2 Å². The van der Waals surface area contributed by atoms with Gasteiger partial charge in [0.15, 0.2) is 0 Å². The maximum Gasteiger partial charge on any atom is 0.500 e. The smallest absolute Gasteiger partial charge is 0.464 e. The van der Waals surface area contributed by atoms with Crippen LogP contribution in [0.15, 0.2) is 0 Å². The van der Waals surface area contributed by atoms with Crippen LogP contribution < -0.4 is 0 Å². The van der Waals surface area contributed by atoms with Crippen LogP contribution in [0, 0.1) is 0 Å². The van der Waals surface area contributed by atoms with Crippen LogP contribution in [0.4, 0.5) is 0 Å². The molecule has 0 radical (unpaired) electrons. The van der Waals surface area contributed by atoms with Crippen molar-refractivity contribution in [2.45, 2.75) is 32.4 Å². The van der Waals surface area contributed by atoms with Crippen LogP contribution in [0.25, 0.3) is 0 Å². The highest BCUT2D eigenvalue weighted by Gasteiger charge is 2.36. The lowest BCUT2D eigenvalue weighted by Gasteiger charge is -2.26. The van der Waals surface area contributed by atoms with Crippen LogP contribution >= 0.6 is 24.0 Å². The van der Waals surface area contributed by atoms with Crippen molar-refractivity contribution in [1.82, 2.24) is 4.90 Å². The fourth-order valence-corrected chi connectivity index (χ4v) is 4.78. The molecule has 0 bridgehead atoms. The maximum absolute atomic E-state index is 5.89.